The van der Waals surface area contributed by atoms with Gasteiger partial charge in [0.2, 0.25) is 0 Å². The zero-order valence-corrected chi connectivity index (χ0v) is 17.1. The van der Waals surface area contributed by atoms with E-state index in [1.165, 1.54) is 0 Å². The summed E-state index contributed by atoms with van der Waals surface area (Å²) < 4.78 is 11.0. The molecule has 1 amide bonds. The smallest absolute Gasteiger partial charge is 0.278 e. The molecule has 2 aromatic rings. The molecule has 0 saturated heterocycles. The van der Waals surface area contributed by atoms with Gasteiger partial charge in [0.15, 0.2) is 0 Å². The van der Waals surface area contributed by atoms with E-state index in [2.05, 4.69) is 26.8 Å². The lowest BCUT2D eigenvalue weighted by Gasteiger charge is -2.43. The molecule has 0 spiro atoms. The van der Waals surface area contributed by atoms with Crippen LogP contribution in [-0.2, 0) is 4.79 Å². The minimum absolute atomic E-state index is 0.0439. The molecule has 2 heterocycles. The molecule has 0 aromatic heterocycles. The highest BCUT2D eigenvalue weighted by atomic mass is 16.5. The first-order chi connectivity index (χ1) is 13.4. The van der Waals surface area contributed by atoms with Crippen molar-refractivity contribution in [3.63, 3.8) is 0 Å². The maximum Gasteiger partial charge on any atom is 0.278 e. The molecule has 5 nitrogen and oxygen atoms in total. The second kappa shape index (κ2) is 6.66. The second-order valence-electron chi connectivity index (χ2n) is 8.06. The van der Waals surface area contributed by atoms with Gasteiger partial charge in [-0.25, -0.2) is 4.99 Å². The van der Waals surface area contributed by atoms with E-state index < -0.39 is 0 Å². The number of benzene rings is 2. The van der Waals surface area contributed by atoms with E-state index in [9.17, 15) is 4.79 Å². The molecule has 0 unspecified atom stereocenters. The maximum atomic E-state index is 13.4. The van der Waals surface area contributed by atoms with Crippen LogP contribution in [0.4, 0.5) is 11.4 Å². The van der Waals surface area contributed by atoms with Crippen molar-refractivity contribution in [2.75, 3.05) is 18.6 Å². The first-order valence-electron chi connectivity index (χ1n) is 9.74. The molecule has 28 heavy (non-hydrogen) atoms. The Labute approximate surface area is 166 Å². The average Bonchev–Trinajstić information content (AvgIpc) is 2.93. The third-order valence-electron chi connectivity index (χ3n) is 5.56. The lowest BCUT2D eigenvalue weighted by molar-refractivity contribution is -0.113. The van der Waals surface area contributed by atoms with E-state index in [-0.39, 0.29) is 11.4 Å². The van der Waals surface area contributed by atoms with E-state index >= 15 is 0 Å². The number of methoxy groups -OCH3 is 1. The van der Waals surface area contributed by atoms with Gasteiger partial charge in [-0.2, -0.15) is 0 Å². The normalized spacial score (nSPS) is 21.0. The Kier molecular flexibility index (Phi) is 4.41. The number of hydrogen-bond acceptors (Lipinski definition) is 4. The Balaban J connectivity index is 1.90. The Morgan fingerprint density at radius 3 is 2.54 bits per heavy atom. The zero-order valence-electron chi connectivity index (χ0n) is 17.1. The molecule has 146 valence electrons. The molecule has 0 aliphatic carbocycles. The first-order valence-corrected chi connectivity index (χ1v) is 9.74. The Morgan fingerprint density at radius 2 is 1.89 bits per heavy atom. The Morgan fingerprint density at radius 1 is 1.18 bits per heavy atom. The van der Waals surface area contributed by atoms with Gasteiger partial charge in [0.25, 0.3) is 5.91 Å². The molecular formula is C23H26N2O3. The summed E-state index contributed by atoms with van der Waals surface area (Å²) in [5.74, 6) is 1.85. The number of nitrogens with zero attached hydrogens (tertiary/aromatic N) is 2. The van der Waals surface area contributed by atoms with Crippen LogP contribution in [0.15, 0.2) is 41.4 Å². The van der Waals surface area contributed by atoms with Crippen molar-refractivity contribution in [2.24, 2.45) is 4.99 Å². The summed E-state index contributed by atoms with van der Waals surface area (Å²) in [6, 6.07) is 11.5. The van der Waals surface area contributed by atoms with Crippen LogP contribution in [0, 0.1) is 0 Å². The van der Waals surface area contributed by atoms with Gasteiger partial charge in [0, 0.05) is 11.1 Å². The van der Waals surface area contributed by atoms with E-state index in [4.69, 9.17) is 14.5 Å². The van der Waals surface area contributed by atoms with Crippen LogP contribution >= 0.6 is 0 Å². The van der Waals surface area contributed by atoms with Crippen LogP contribution < -0.4 is 14.4 Å². The fourth-order valence-corrected chi connectivity index (χ4v) is 4.43. The number of aliphatic imine (C=N–C) groups is 1. The highest BCUT2D eigenvalue weighted by molar-refractivity contribution is 6.55. The predicted molar refractivity (Wildman–Crippen MR) is 111 cm³/mol. The lowest BCUT2D eigenvalue weighted by Crippen LogP contribution is -2.50. The molecule has 2 aromatic carbocycles. The van der Waals surface area contributed by atoms with Crippen molar-refractivity contribution >= 4 is 23.0 Å². The number of hydrogen-bond donors (Lipinski definition) is 0. The van der Waals surface area contributed by atoms with E-state index in [0.29, 0.717) is 18.2 Å². The highest BCUT2D eigenvalue weighted by Crippen LogP contribution is 2.50. The summed E-state index contributed by atoms with van der Waals surface area (Å²) in [5, 5.41) is 0. The van der Waals surface area contributed by atoms with E-state index in [0.717, 1.165) is 40.4 Å². The van der Waals surface area contributed by atoms with Crippen LogP contribution in [0.25, 0.3) is 0 Å². The number of amides is 1. The summed E-state index contributed by atoms with van der Waals surface area (Å²) >= 11 is 0. The zero-order chi connectivity index (χ0) is 20.1. The predicted octanol–water partition coefficient (Wildman–Crippen LogP) is 4.85. The van der Waals surface area contributed by atoms with Gasteiger partial charge in [0.1, 0.15) is 17.2 Å². The van der Waals surface area contributed by atoms with Gasteiger partial charge in [-0.1, -0.05) is 6.92 Å². The number of carbonyl (C=O) groups excluding carboxylic acids is 1. The van der Waals surface area contributed by atoms with Crippen LogP contribution in [0.1, 0.15) is 51.2 Å². The highest BCUT2D eigenvalue weighted by Gasteiger charge is 2.48. The third-order valence-corrected chi connectivity index (χ3v) is 5.56. The number of carbonyl (C=O) groups is 1. The van der Waals surface area contributed by atoms with Gasteiger partial charge in [-0.15, -0.1) is 0 Å². The fourth-order valence-electron chi connectivity index (χ4n) is 4.43. The molecule has 0 fully saturated rings. The number of anilines is 1. The quantitative estimate of drug-likeness (QED) is 0.764. The van der Waals surface area contributed by atoms with Crippen LogP contribution in [0.5, 0.6) is 11.5 Å². The molecule has 2 aliphatic heterocycles. The molecule has 0 bridgehead atoms. The molecule has 0 N–H and O–H groups in total. The van der Waals surface area contributed by atoms with Gasteiger partial charge in [-0.3, -0.25) is 4.79 Å². The van der Waals surface area contributed by atoms with Crippen molar-refractivity contribution in [2.45, 2.75) is 45.6 Å². The molecule has 4 rings (SSSR count). The molecule has 1 atom stereocenters. The van der Waals surface area contributed by atoms with Gasteiger partial charge in [-0.05, 0) is 75.1 Å². The largest absolute Gasteiger partial charge is 0.497 e. The van der Waals surface area contributed by atoms with Crippen LogP contribution in [0.2, 0.25) is 0 Å². The minimum atomic E-state index is -0.261. The summed E-state index contributed by atoms with van der Waals surface area (Å²) in [4.78, 5) is 20.1. The van der Waals surface area contributed by atoms with Gasteiger partial charge in [0.05, 0.1) is 25.1 Å². The Bertz CT molecular complexity index is 961. The molecule has 0 saturated carbocycles. The Hall–Kier alpha value is -2.82. The minimum Gasteiger partial charge on any atom is -0.497 e. The van der Waals surface area contributed by atoms with E-state index in [1.54, 1.807) is 7.11 Å². The fraction of sp³-hybridized carbons (Fsp3) is 0.391. The number of rotatable bonds is 4. The first kappa shape index (κ1) is 18.5. The van der Waals surface area contributed by atoms with Crippen LogP contribution in [0.3, 0.4) is 0 Å². The average molecular weight is 378 g/mol. The molecular weight excluding hydrogens is 352 g/mol. The van der Waals surface area contributed by atoms with Crippen molar-refractivity contribution < 1.29 is 14.3 Å². The second-order valence-corrected chi connectivity index (χ2v) is 8.06. The SMILES string of the molecule is CCOc1cc2c3c(c1)[C@H](C)CC(C)(C)N3C(=O)C2=Nc1ccc(OC)cc1. The topological polar surface area (TPSA) is 51.1 Å². The van der Waals surface area contributed by atoms with Crippen molar-refractivity contribution in [1.29, 1.82) is 0 Å². The molecule has 5 heteroatoms. The molecule has 2 aliphatic rings. The molecule has 0 radical (unpaired) electrons. The summed E-state index contributed by atoms with van der Waals surface area (Å²) in [6.45, 7) is 9.02. The summed E-state index contributed by atoms with van der Waals surface area (Å²) in [7, 11) is 1.63. The standard InChI is InChI=1S/C23H26N2O3/c1-6-28-17-11-18-14(2)13-23(3,4)25-21(18)19(12-17)20(22(25)26)24-15-7-9-16(27-5)10-8-15/h7-12,14H,6,13H2,1-5H3/t14-/m1/s1. The number of ether oxygens (including phenoxy) is 2. The van der Waals surface area contributed by atoms with E-state index in [1.807, 2.05) is 42.2 Å². The van der Waals surface area contributed by atoms with Gasteiger partial charge >= 0.3 is 0 Å². The monoisotopic (exact) mass is 378 g/mol. The third kappa shape index (κ3) is 2.86. The van der Waals surface area contributed by atoms with Crippen LogP contribution in [-0.4, -0.2) is 30.9 Å². The summed E-state index contributed by atoms with van der Waals surface area (Å²) in [6.07, 6.45) is 0.899. The lowest BCUT2D eigenvalue weighted by atomic mass is 9.80. The van der Waals surface area contributed by atoms with Crippen molar-refractivity contribution in [1.82, 2.24) is 0 Å². The summed E-state index contributed by atoms with van der Waals surface area (Å²) in [5.41, 5.74) is 3.96. The van der Waals surface area contributed by atoms with Crippen molar-refractivity contribution in [3.05, 3.63) is 47.5 Å². The maximum absolute atomic E-state index is 13.4. The van der Waals surface area contributed by atoms with Gasteiger partial charge < -0.3 is 14.4 Å². The van der Waals surface area contributed by atoms with Crippen molar-refractivity contribution in [3.8, 4) is 11.5 Å².